The predicted molar refractivity (Wildman–Crippen MR) is 114 cm³/mol. The van der Waals surface area contributed by atoms with Crippen LogP contribution in [-0.2, 0) is 19.5 Å². The normalized spacial score (nSPS) is 14.9. The summed E-state index contributed by atoms with van der Waals surface area (Å²) in [5.41, 5.74) is 3.42. The molecule has 2 heterocycles. The van der Waals surface area contributed by atoms with Crippen molar-refractivity contribution in [2.75, 3.05) is 19.6 Å². The zero-order valence-electron chi connectivity index (χ0n) is 17.7. The molecule has 1 aromatic heterocycles. The van der Waals surface area contributed by atoms with Gasteiger partial charge in [0, 0.05) is 39.1 Å². The molecule has 0 saturated heterocycles. The molecular weight excluding hydrogens is 348 g/mol. The van der Waals surface area contributed by atoms with Gasteiger partial charge in [0.1, 0.15) is 11.5 Å². The summed E-state index contributed by atoms with van der Waals surface area (Å²) in [4.78, 5) is 19.5. The largest absolute Gasteiger partial charge is 0.351 e. The van der Waals surface area contributed by atoms with Crippen LogP contribution in [0.3, 0.4) is 0 Å². The molecule has 0 bridgehead atoms. The van der Waals surface area contributed by atoms with Crippen molar-refractivity contribution in [2.24, 2.45) is 5.92 Å². The van der Waals surface area contributed by atoms with E-state index in [1.807, 2.05) is 0 Å². The number of rotatable bonds is 7. The van der Waals surface area contributed by atoms with E-state index in [0.717, 1.165) is 51.4 Å². The van der Waals surface area contributed by atoms with Crippen LogP contribution in [0.4, 0.5) is 0 Å². The van der Waals surface area contributed by atoms with Crippen LogP contribution >= 0.6 is 0 Å². The van der Waals surface area contributed by atoms with Crippen LogP contribution in [0.15, 0.2) is 30.5 Å². The molecule has 2 aromatic rings. The first-order valence-corrected chi connectivity index (χ1v) is 10.6. The zero-order chi connectivity index (χ0) is 20.1. The van der Waals surface area contributed by atoms with Crippen LogP contribution in [-0.4, -0.2) is 40.0 Å². The van der Waals surface area contributed by atoms with Gasteiger partial charge in [-0.3, -0.25) is 9.69 Å². The molecular formula is C23H34N4O. The summed E-state index contributed by atoms with van der Waals surface area (Å²) in [6.07, 6.45) is 3.61. The summed E-state index contributed by atoms with van der Waals surface area (Å²) in [6.45, 7) is 13.2. The summed E-state index contributed by atoms with van der Waals surface area (Å²) in [7, 11) is 0. The maximum atomic E-state index is 12.5. The standard InChI is InChI=1S/C23H34N4O/c1-17(2)9-11-24-23(28)21-15-25-22-10-12-26(13-14-27(21)22)16-19-5-7-20(8-6-19)18(3)4/h5-8,15,17-18H,9-14,16H2,1-4H3,(H,24,28). The molecule has 1 aliphatic rings. The predicted octanol–water partition coefficient (Wildman–Crippen LogP) is 3.84. The molecule has 0 unspecified atom stereocenters. The van der Waals surface area contributed by atoms with Crippen molar-refractivity contribution in [1.82, 2.24) is 19.8 Å². The maximum absolute atomic E-state index is 12.5. The number of hydrogen-bond acceptors (Lipinski definition) is 3. The van der Waals surface area contributed by atoms with Crippen molar-refractivity contribution >= 4 is 5.91 Å². The number of imidazole rings is 1. The highest BCUT2D eigenvalue weighted by Gasteiger charge is 2.20. The van der Waals surface area contributed by atoms with Crippen LogP contribution in [0.5, 0.6) is 0 Å². The number of carbonyl (C=O) groups is 1. The number of benzene rings is 1. The Morgan fingerprint density at radius 3 is 2.54 bits per heavy atom. The monoisotopic (exact) mass is 382 g/mol. The van der Waals surface area contributed by atoms with Crippen molar-refractivity contribution in [3.05, 3.63) is 53.1 Å². The van der Waals surface area contributed by atoms with Crippen LogP contribution in [0.2, 0.25) is 0 Å². The van der Waals surface area contributed by atoms with Gasteiger partial charge in [0.15, 0.2) is 0 Å². The summed E-state index contributed by atoms with van der Waals surface area (Å²) < 4.78 is 2.10. The SMILES string of the molecule is CC(C)CCNC(=O)c1cnc2n1CCN(Cc1ccc(C(C)C)cc1)CC2. The third kappa shape index (κ3) is 5.22. The third-order valence-corrected chi connectivity index (χ3v) is 5.52. The van der Waals surface area contributed by atoms with Crippen LogP contribution in [0, 0.1) is 5.92 Å². The van der Waals surface area contributed by atoms with E-state index in [2.05, 4.69) is 71.7 Å². The number of nitrogens with one attached hydrogen (secondary N) is 1. The first-order valence-electron chi connectivity index (χ1n) is 10.6. The lowest BCUT2D eigenvalue weighted by molar-refractivity contribution is 0.0942. The minimum Gasteiger partial charge on any atom is -0.351 e. The van der Waals surface area contributed by atoms with Crippen LogP contribution in [0.25, 0.3) is 0 Å². The van der Waals surface area contributed by atoms with Crippen molar-refractivity contribution in [1.29, 1.82) is 0 Å². The fourth-order valence-corrected chi connectivity index (χ4v) is 3.64. The minimum atomic E-state index is -0.00266. The lowest BCUT2D eigenvalue weighted by atomic mass is 10.0. The molecule has 28 heavy (non-hydrogen) atoms. The number of amides is 1. The molecule has 3 rings (SSSR count). The maximum Gasteiger partial charge on any atom is 0.269 e. The zero-order valence-corrected chi connectivity index (χ0v) is 17.7. The number of fused-ring (bicyclic) bond motifs is 1. The quantitative estimate of drug-likeness (QED) is 0.791. The Bertz CT molecular complexity index is 776. The molecule has 0 saturated carbocycles. The average molecular weight is 383 g/mol. The Balaban J connectivity index is 1.59. The third-order valence-electron chi connectivity index (χ3n) is 5.52. The molecule has 1 amide bonds. The highest BCUT2D eigenvalue weighted by Crippen LogP contribution is 2.17. The van der Waals surface area contributed by atoms with Gasteiger partial charge in [-0.05, 0) is 29.4 Å². The first-order chi connectivity index (χ1) is 13.4. The molecule has 152 valence electrons. The summed E-state index contributed by atoms with van der Waals surface area (Å²) in [5, 5.41) is 3.04. The molecule has 1 aliphatic heterocycles. The second-order valence-electron chi connectivity index (χ2n) is 8.57. The van der Waals surface area contributed by atoms with Gasteiger partial charge in [-0.1, -0.05) is 52.0 Å². The van der Waals surface area contributed by atoms with Gasteiger partial charge in [0.05, 0.1) is 6.20 Å². The van der Waals surface area contributed by atoms with E-state index in [4.69, 9.17) is 0 Å². The van der Waals surface area contributed by atoms with Gasteiger partial charge >= 0.3 is 0 Å². The van der Waals surface area contributed by atoms with Crippen molar-refractivity contribution in [3.8, 4) is 0 Å². The molecule has 5 nitrogen and oxygen atoms in total. The van der Waals surface area contributed by atoms with Gasteiger partial charge < -0.3 is 9.88 Å². The summed E-state index contributed by atoms with van der Waals surface area (Å²) in [5.74, 6) is 2.17. The van der Waals surface area contributed by atoms with Crippen molar-refractivity contribution in [2.45, 2.75) is 59.5 Å². The fourth-order valence-electron chi connectivity index (χ4n) is 3.64. The number of hydrogen-bond donors (Lipinski definition) is 1. The van der Waals surface area contributed by atoms with Crippen LogP contribution < -0.4 is 5.32 Å². The van der Waals surface area contributed by atoms with Gasteiger partial charge in [-0.25, -0.2) is 4.98 Å². The highest BCUT2D eigenvalue weighted by molar-refractivity contribution is 5.92. The van der Waals surface area contributed by atoms with E-state index in [9.17, 15) is 4.79 Å². The number of aromatic nitrogens is 2. The Morgan fingerprint density at radius 1 is 1.11 bits per heavy atom. The summed E-state index contributed by atoms with van der Waals surface area (Å²) >= 11 is 0. The lowest BCUT2D eigenvalue weighted by Gasteiger charge is -2.20. The van der Waals surface area contributed by atoms with E-state index in [0.29, 0.717) is 17.5 Å². The minimum absolute atomic E-state index is 0.00266. The van der Waals surface area contributed by atoms with Crippen molar-refractivity contribution in [3.63, 3.8) is 0 Å². The molecule has 5 heteroatoms. The number of nitrogens with zero attached hydrogens (tertiary/aromatic N) is 3. The summed E-state index contributed by atoms with van der Waals surface area (Å²) in [6, 6.07) is 8.96. The smallest absolute Gasteiger partial charge is 0.269 e. The topological polar surface area (TPSA) is 50.2 Å². The van der Waals surface area contributed by atoms with E-state index in [1.165, 1.54) is 11.1 Å². The molecule has 0 radical (unpaired) electrons. The fraction of sp³-hybridized carbons (Fsp3) is 0.565. The van der Waals surface area contributed by atoms with E-state index in [-0.39, 0.29) is 5.91 Å². The molecule has 0 spiro atoms. The average Bonchev–Trinajstić information content (AvgIpc) is 2.97. The van der Waals surface area contributed by atoms with E-state index in [1.54, 1.807) is 6.20 Å². The Labute approximate surface area is 169 Å². The Hall–Kier alpha value is -2.14. The molecule has 0 aliphatic carbocycles. The molecule has 0 atom stereocenters. The second-order valence-corrected chi connectivity index (χ2v) is 8.57. The van der Waals surface area contributed by atoms with Gasteiger partial charge in [0.2, 0.25) is 0 Å². The molecule has 1 N–H and O–H groups in total. The lowest BCUT2D eigenvalue weighted by Crippen LogP contribution is -2.29. The number of carbonyl (C=O) groups excluding carboxylic acids is 1. The van der Waals surface area contributed by atoms with Crippen LogP contribution in [0.1, 0.15) is 67.5 Å². The van der Waals surface area contributed by atoms with Crippen molar-refractivity contribution < 1.29 is 4.79 Å². The molecule has 0 fully saturated rings. The Morgan fingerprint density at radius 2 is 1.86 bits per heavy atom. The van der Waals surface area contributed by atoms with E-state index >= 15 is 0 Å². The second kappa shape index (κ2) is 9.37. The van der Waals surface area contributed by atoms with E-state index < -0.39 is 0 Å². The van der Waals surface area contributed by atoms with Gasteiger partial charge in [0.25, 0.3) is 5.91 Å². The molecule has 1 aromatic carbocycles. The first kappa shape index (κ1) is 20.6. The highest BCUT2D eigenvalue weighted by atomic mass is 16.1. The van der Waals surface area contributed by atoms with Gasteiger partial charge in [-0.2, -0.15) is 0 Å². The van der Waals surface area contributed by atoms with Gasteiger partial charge in [-0.15, -0.1) is 0 Å². The Kier molecular flexibility index (Phi) is 6.89.